The van der Waals surface area contributed by atoms with Gasteiger partial charge in [-0.15, -0.1) is 0 Å². The molecule has 0 aliphatic heterocycles. The first-order valence-electron chi connectivity index (χ1n) is 18.2. The summed E-state index contributed by atoms with van der Waals surface area (Å²) < 4.78 is 2.28. The highest BCUT2D eigenvalue weighted by Gasteiger charge is 2.19. The molecule has 0 unspecified atom stereocenters. The first kappa shape index (κ1) is 29.7. The molecule has 246 valence electrons. The van der Waals surface area contributed by atoms with Gasteiger partial charge in [-0.1, -0.05) is 158 Å². The lowest BCUT2D eigenvalue weighted by Crippen LogP contribution is -1.98. The Bertz CT molecular complexity index is 3150. The third-order valence-corrected chi connectivity index (χ3v) is 11.0. The van der Waals surface area contributed by atoms with Gasteiger partial charge in [0.25, 0.3) is 0 Å². The Balaban J connectivity index is 1.13. The number of benzene rings is 10. The van der Waals surface area contributed by atoms with E-state index >= 15 is 0 Å². The van der Waals surface area contributed by atoms with Crippen LogP contribution in [0.4, 0.5) is 0 Å². The fourth-order valence-corrected chi connectivity index (χ4v) is 8.57. The number of aromatic nitrogens is 2. The maximum Gasteiger partial charge on any atom is 0.145 e. The van der Waals surface area contributed by atoms with E-state index in [4.69, 9.17) is 4.98 Å². The van der Waals surface area contributed by atoms with E-state index in [1.807, 2.05) is 0 Å². The van der Waals surface area contributed by atoms with Crippen molar-refractivity contribution in [1.29, 1.82) is 0 Å². The van der Waals surface area contributed by atoms with Crippen molar-refractivity contribution in [2.24, 2.45) is 0 Å². The van der Waals surface area contributed by atoms with Gasteiger partial charge >= 0.3 is 0 Å². The fraction of sp³-hybridized carbons (Fsp3) is 0. The van der Waals surface area contributed by atoms with Crippen LogP contribution >= 0.6 is 0 Å². The van der Waals surface area contributed by atoms with Gasteiger partial charge in [0.1, 0.15) is 5.82 Å². The van der Waals surface area contributed by atoms with Crippen molar-refractivity contribution < 1.29 is 0 Å². The Morgan fingerprint density at radius 3 is 1.68 bits per heavy atom. The molecule has 2 nitrogen and oxygen atoms in total. The molecule has 0 aliphatic carbocycles. The Kier molecular flexibility index (Phi) is 6.59. The molecule has 2 heteroatoms. The van der Waals surface area contributed by atoms with Gasteiger partial charge in [0, 0.05) is 11.3 Å². The minimum atomic E-state index is 0.941. The van der Waals surface area contributed by atoms with Gasteiger partial charge in [-0.3, -0.25) is 4.57 Å². The van der Waals surface area contributed by atoms with Crippen molar-refractivity contribution in [3.63, 3.8) is 0 Å². The van der Waals surface area contributed by atoms with Crippen LogP contribution in [0, 0.1) is 0 Å². The zero-order valence-electron chi connectivity index (χ0n) is 28.9. The van der Waals surface area contributed by atoms with E-state index in [0.29, 0.717) is 0 Å². The van der Waals surface area contributed by atoms with Crippen molar-refractivity contribution >= 4 is 64.9 Å². The highest BCUT2D eigenvalue weighted by atomic mass is 15.1. The van der Waals surface area contributed by atoms with Crippen molar-refractivity contribution in [2.75, 3.05) is 0 Å². The van der Waals surface area contributed by atoms with Crippen LogP contribution in [-0.4, -0.2) is 9.55 Å². The summed E-state index contributed by atoms with van der Waals surface area (Å²) in [6, 6.07) is 70.5. The minimum absolute atomic E-state index is 0.941. The molecule has 1 heterocycles. The number of hydrogen-bond donors (Lipinski definition) is 0. The van der Waals surface area contributed by atoms with Crippen LogP contribution in [-0.2, 0) is 0 Å². The summed E-state index contributed by atoms with van der Waals surface area (Å²) in [5, 5.41) is 12.6. The largest absolute Gasteiger partial charge is 0.292 e. The molecule has 11 aromatic rings. The third kappa shape index (κ3) is 4.63. The number of nitrogens with zero attached hydrogens (tertiary/aromatic N) is 2. The molecule has 0 fully saturated rings. The van der Waals surface area contributed by atoms with Crippen LogP contribution in [0.3, 0.4) is 0 Å². The van der Waals surface area contributed by atoms with Gasteiger partial charge in [0.15, 0.2) is 0 Å². The lowest BCUT2D eigenvalue weighted by Gasteiger charge is -2.19. The number of imidazole rings is 1. The molecule has 10 aromatic carbocycles. The molecular weight excluding hydrogens is 641 g/mol. The number of rotatable bonds is 4. The smallest absolute Gasteiger partial charge is 0.145 e. The maximum atomic E-state index is 5.07. The Morgan fingerprint density at radius 2 is 0.943 bits per heavy atom. The van der Waals surface area contributed by atoms with Crippen molar-refractivity contribution in [3.8, 4) is 39.3 Å². The Labute approximate surface area is 306 Å². The highest BCUT2D eigenvalue weighted by Crippen LogP contribution is 2.46. The molecule has 0 saturated carbocycles. The number of fused-ring (bicyclic) bond motifs is 7. The third-order valence-electron chi connectivity index (χ3n) is 11.0. The summed E-state index contributed by atoms with van der Waals surface area (Å²) in [5.74, 6) is 0.941. The number of hydrogen-bond acceptors (Lipinski definition) is 1. The summed E-state index contributed by atoms with van der Waals surface area (Å²) in [7, 11) is 0. The molecule has 0 amide bonds. The zero-order valence-corrected chi connectivity index (χ0v) is 28.9. The summed E-state index contributed by atoms with van der Waals surface area (Å²) in [6.45, 7) is 0. The monoisotopic (exact) mass is 672 g/mol. The molecular formula is C51H32N2. The second kappa shape index (κ2) is 11.8. The normalized spacial score (nSPS) is 11.8. The standard InChI is InChI=1S/C51H32N2/c1-2-13-34(14-3-1)51-52-47-23-10-11-24-48(47)53(51)38-28-25-33(26-29-38)49-42-17-6-8-19-44(42)50(45-20-9-7-18-43(45)49)41-22-12-21-39-40(41)30-27-37-31-35-15-4-5-16-36(35)32-46(37)39/h1-32H. The molecule has 0 spiro atoms. The zero-order chi connectivity index (χ0) is 34.9. The van der Waals surface area contributed by atoms with E-state index in [2.05, 4.69) is 199 Å². The van der Waals surface area contributed by atoms with Gasteiger partial charge in [0.05, 0.1) is 11.0 Å². The van der Waals surface area contributed by atoms with Crippen molar-refractivity contribution in [1.82, 2.24) is 9.55 Å². The Hall–Kier alpha value is -7.03. The fourth-order valence-electron chi connectivity index (χ4n) is 8.57. The van der Waals surface area contributed by atoms with Gasteiger partial charge in [-0.05, 0) is 113 Å². The first-order valence-corrected chi connectivity index (χ1v) is 18.2. The quantitative estimate of drug-likeness (QED) is 0.134. The average molecular weight is 673 g/mol. The summed E-state index contributed by atoms with van der Waals surface area (Å²) >= 11 is 0. The molecule has 11 rings (SSSR count). The maximum absolute atomic E-state index is 5.07. The van der Waals surface area contributed by atoms with Gasteiger partial charge in [0.2, 0.25) is 0 Å². The molecule has 1 aromatic heterocycles. The SMILES string of the molecule is c1ccc(-c2nc3ccccc3n2-c2ccc(-c3c4ccccc4c(-c4cccc5c4ccc4cc6ccccc6cc45)c4ccccc34)cc2)cc1. The number of para-hydroxylation sites is 2. The predicted octanol–water partition coefficient (Wildman–Crippen LogP) is 13.8. The second-order valence-electron chi connectivity index (χ2n) is 13.9. The molecule has 0 bridgehead atoms. The van der Waals surface area contributed by atoms with Crippen LogP contribution in [0.2, 0.25) is 0 Å². The van der Waals surface area contributed by atoms with Crippen molar-refractivity contribution in [3.05, 3.63) is 194 Å². The van der Waals surface area contributed by atoms with Gasteiger partial charge < -0.3 is 0 Å². The molecule has 0 N–H and O–H groups in total. The lowest BCUT2D eigenvalue weighted by atomic mass is 9.84. The van der Waals surface area contributed by atoms with Crippen molar-refractivity contribution in [2.45, 2.75) is 0 Å². The topological polar surface area (TPSA) is 17.8 Å². The van der Waals surface area contributed by atoms with E-state index < -0.39 is 0 Å². The summed E-state index contributed by atoms with van der Waals surface area (Å²) in [4.78, 5) is 5.07. The van der Waals surface area contributed by atoms with Crippen LogP contribution in [0.25, 0.3) is 104 Å². The van der Waals surface area contributed by atoms with E-state index in [1.165, 1.54) is 76.1 Å². The lowest BCUT2D eigenvalue weighted by molar-refractivity contribution is 1.10. The van der Waals surface area contributed by atoms with E-state index in [0.717, 1.165) is 28.1 Å². The molecule has 0 saturated heterocycles. The highest BCUT2D eigenvalue weighted by molar-refractivity contribution is 6.25. The molecule has 0 radical (unpaired) electrons. The summed E-state index contributed by atoms with van der Waals surface area (Å²) in [5.41, 5.74) is 9.23. The second-order valence-corrected chi connectivity index (χ2v) is 13.9. The van der Waals surface area contributed by atoms with E-state index in [9.17, 15) is 0 Å². The average Bonchev–Trinajstić information content (AvgIpc) is 3.62. The van der Waals surface area contributed by atoms with E-state index in [-0.39, 0.29) is 0 Å². The van der Waals surface area contributed by atoms with Gasteiger partial charge in [-0.2, -0.15) is 0 Å². The summed E-state index contributed by atoms with van der Waals surface area (Å²) in [6.07, 6.45) is 0. The Morgan fingerprint density at radius 1 is 0.340 bits per heavy atom. The molecule has 0 atom stereocenters. The van der Waals surface area contributed by atoms with Crippen LogP contribution in [0.5, 0.6) is 0 Å². The molecule has 53 heavy (non-hydrogen) atoms. The molecule has 0 aliphatic rings. The van der Waals surface area contributed by atoms with E-state index in [1.54, 1.807) is 0 Å². The van der Waals surface area contributed by atoms with Crippen LogP contribution in [0.1, 0.15) is 0 Å². The first-order chi connectivity index (χ1) is 26.3. The predicted molar refractivity (Wildman–Crippen MR) is 225 cm³/mol. The van der Waals surface area contributed by atoms with Crippen LogP contribution < -0.4 is 0 Å². The minimum Gasteiger partial charge on any atom is -0.292 e. The van der Waals surface area contributed by atoms with Gasteiger partial charge in [-0.25, -0.2) is 4.98 Å². The van der Waals surface area contributed by atoms with Crippen LogP contribution in [0.15, 0.2) is 194 Å².